The predicted molar refractivity (Wildman–Crippen MR) is 72.9 cm³/mol. The molecule has 0 bridgehead atoms. The summed E-state index contributed by atoms with van der Waals surface area (Å²) in [4.78, 5) is 1.94. The number of nitrogen functional groups attached to an aromatic ring is 1. The van der Waals surface area contributed by atoms with Gasteiger partial charge >= 0.3 is 0 Å². The average molecular weight is 270 g/mol. The van der Waals surface area contributed by atoms with Crippen molar-refractivity contribution >= 4 is 21.2 Å². The van der Waals surface area contributed by atoms with Crippen LogP contribution in [0.5, 0.6) is 5.75 Å². The first-order valence-electron chi connectivity index (χ1n) is 5.81. The van der Waals surface area contributed by atoms with Gasteiger partial charge in [-0.3, -0.25) is 0 Å². The second-order valence-corrected chi connectivity index (χ2v) is 6.99. The van der Waals surface area contributed by atoms with Crippen molar-refractivity contribution in [2.75, 3.05) is 36.2 Å². The molecule has 0 amide bonds. The van der Waals surface area contributed by atoms with E-state index in [2.05, 4.69) is 0 Å². The molecule has 1 aliphatic heterocycles. The molecular formula is C12H18N2O3S. The molecule has 1 heterocycles. The molecular weight excluding hydrogens is 252 g/mol. The third-order valence-electron chi connectivity index (χ3n) is 3.00. The Morgan fingerprint density at radius 1 is 1.39 bits per heavy atom. The Kier molecular flexibility index (Phi) is 3.38. The molecule has 5 nitrogen and oxygen atoms in total. The van der Waals surface area contributed by atoms with Crippen LogP contribution in [-0.2, 0) is 9.84 Å². The Bertz CT molecular complexity index is 540. The maximum atomic E-state index is 11.4. The SMILES string of the molecule is CN(C)c1ccc(N)c(OC2CCS(=O)(=O)C2)c1. The summed E-state index contributed by atoms with van der Waals surface area (Å²) in [6.45, 7) is 0. The highest BCUT2D eigenvalue weighted by atomic mass is 32.2. The van der Waals surface area contributed by atoms with Crippen molar-refractivity contribution in [2.24, 2.45) is 0 Å². The lowest BCUT2D eigenvalue weighted by Gasteiger charge is -2.18. The summed E-state index contributed by atoms with van der Waals surface area (Å²) in [5.74, 6) is 0.840. The van der Waals surface area contributed by atoms with Crippen LogP contribution in [0.25, 0.3) is 0 Å². The van der Waals surface area contributed by atoms with Gasteiger partial charge in [0.2, 0.25) is 0 Å². The van der Waals surface area contributed by atoms with Gasteiger partial charge in [0, 0.05) is 25.8 Å². The van der Waals surface area contributed by atoms with E-state index < -0.39 is 9.84 Å². The Morgan fingerprint density at radius 2 is 2.11 bits per heavy atom. The van der Waals surface area contributed by atoms with Crippen LogP contribution >= 0.6 is 0 Å². The van der Waals surface area contributed by atoms with E-state index in [4.69, 9.17) is 10.5 Å². The Labute approximate surface area is 107 Å². The first-order chi connectivity index (χ1) is 8.37. The fourth-order valence-corrected chi connectivity index (χ4v) is 3.53. The molecule has 1 aromatic rings. The zero-order valence-electron chi connectivity index (χ0n) is 10.6. The van der Waals surface area contributed by atoms with Crippen LogP contribution in [0, 0.1) is 0 Å². The van der Waals surface area contributed by atoms with Gasteiger partial charge < -0.3 is 15.4 Å². The van der Waals surface area contributed by atoms with E-state index in [-0.39, 0.29) is 17.6 Å². The van der Waals surface area contributed by atoms with Crippen molar-refractivity contribution in [1.29, 1.82) is 0 Å². The van der Waals surface area contributed by atoms with Crippen molar-refractivity contribution in [3.63, 3.8) is 0 Å². The molecule has 100 valence electrons. The molecule has 0 spiro atoms. The zero-order chi connectivity index (χ0) is 13.3. The fourth-order valence-electron chi connectivity index (χ4n) is 1.94. The third-order valence-corrected chi connectivity index (χ3v) is 4.74. The molecule has 1 unspecified atom stereocenters. The minimum absolute atomic E-state index is 0.0820. The fraction of sp³-hybridized carbons (Fsp3) is 0.500. The molecule has 1 fully saturated rings. The predicted octanol–water partition coefficient (Wildman–Crippen LogP) is 0.901. The number of nitrogens with two attached hydrogens (primary N) is 1. The lowest BCUT2D eigenvalue weighted by molar-refractivity contribution is 0.230. The van der Waals surface area contributed by atoms with Crippen LogP contribution in [0.3, 0.4) is 0 Å². The van der Waals surface area contributed by atoms with E-state index in [1.807, 2.05) is 31.1 Å². The van der Waals surface area contributed by atoms with Crippen molar-refractivity contribution in [3.05, 3.63) is 18.2 Å². The smallest absolute Gasteiger partial charge is 0.154 e. The monoisotopic (exact) mass is 270 g/mol. The average Bonchev–Trinajstić information content (AvgIpc) is 2.61. The molecule has 0 aromatic heterocycles. The summed E-state index contributed by atoms with van der Waals surface area (Å²) in [7, 11) is 0.921. The molecule has 1 aliphatic rings. The quantitative estimate of drug-likeness (QED) is 0.826. The van der Waals surface area contributed by atoms with E-state index in [0.29, 0.717) is 17.9 Å². The van der Waals surface area contributed by atoms with E-state index >= 15 is 0 Å². The van der Waals surface area contributed by atoms with Crippen molar-refractivity contribution in [3.8, 4) is 5.75 Å². The van der Waals surface area contributed by atoms with Crippen LogP contribution in [0.15, 0.2) is 18.2 Å². The maximum absolute atomic E-state index is 11.4. The largest absolute Gasteiger partial charge is 0.487 e. The number of hydrogen-bond acceptors (Lipinski definition) is 5. The Hall–Kier alpha value is -1.43. The van der Waals surface area contributed by atoms with Gasteiger partial charge in [0.05, 0.1) is 17.2 Å². The van der Waals surface area contributed by atoms with Crippen molar-refractivity contribution in [2.45, 2.75) is 12.5 Å². The summed E-state index contributed by atoms with van der Waals surface area (Å²) in [6.07, 6.45) is 0.253. The molecule has 2 rings (SSSR count). The number of anilines is 2. The highest BCUT2D eigenvalue weighted by Gasteiger charge is 2.29. The van der Waals surface area contributed by atoms with E-state index in [1.165, 1.54) is 0 Å². The van der Waals surface area contributed by atoms with Crippen LogP contribution in [0.4, 0.5) is 11.4 Å². The summed E-state index contributed by atoms with van der Waals surface area (Å²) in [6, 6.07) is 5.50. The number of hydrogen-bond donors (Lipinski definition) is 1. The minimum atomic E-state index is -2.93. The second-order valence-electron chi connectivity index (χ2n) is 4.76. The molecule has 6 heteroatoms. The summed E-state index contributed by atoms with van der Waals surface area (Å²) < 4.78 is 28.4. The maximum Gasteiger partial charge on any atom is 0.154 e. The van der Waals surface area contributed by atoms with Crippen LogP contribution in [0.1, 0.15) is 6.42 Å². The zero-order valence-corrected chi connectivity index (χ0v) is 11.4. The van der Waals surface area contributed by atoms with Gasteiger partial charge in [-0.1, -0.05) is 0 Å². The highest BCUT2D eigenvalue weighted by Crippen LogP contribution is 2.29. The van der Waals surface area contributed by atoms with Gasteiger partial charge in [0.1, 0.15) is 11.9 Å². The molecule has 1 atom stereocenters. The Morgan fingerprint density at radius 3 is 2.67 bits per heavy atom. The topological polar surface area (TPSA) is 72.6 Å². The van der Waals surface area contributed by atoms with Crippen LogP contribution < -0.4 is 15.4 Å². The van der Waals surface area contributed by atoms with Crippen molar-refractivity contribution < 1.29 is 13.2 Å². The number of ether oxygens (including phenoxy) is 1. The van der Waals surface area contributed by atoms with E-state index in [0.717, 1.165) is 5.69 Å². The number of rotatable bonds is 3. The second kappa shape index (κ2) is 4.68. The molecule has 0 saturated carbocycles. The third kappa shape index (κ3) is 2.87. The van der Waals surface area contributed by atoms with Gasteiger partial charge in [-0.15, -0.1) is 0 Å². The van der Waals surface area contributed by atoms with E-state index in [1.54, 1.807) is 6.07 Å². The van der Waals surface area contributed by atoms with Gasteiger partial charge in [0.15, 0.2) is 9.84 Å². The summed E-state index contributed by atoms with van der Waals surface area (Å²) >= 11 is 0. The van der Waals surface area contributed by atoms with Gasteiger partial charge in [-0.05, 0) is 18.6 Å². The Balaban J connectivity index is 2.16. The normalized spacial score (nSPS) is 21.8. The highest BCUT2D eigenvalue weighted by molar-refractivity contribution is 7.91. The molecule has 1 saturated heterocycles. The molecule has 2 N–H and O–H groups in total. The molecule has 18 heavy (non-hydrogen) atoms. The first-order valence-corrected chi connectivity index (χ1v) is 7.63. The van der Waals surface area contributed by atoms with Gasteiger partial charge in [-0.25, -0.2) is 8.42 Å². The number of nitrogens with zero attached hydrogens (tertiary/aromatic N) is 1. The number of sulfone groups is 1. The van der Waals surface area contributed by atoms with Crippen LogP contribution in [0.2, 0.25) is 0 Å². The first kappa shape index (κ1) is 13.0. The number of benzene rings is 1. The van der Waals surface area contributed by atoms with Gasteiger partial charge in [-0.2, -0.15) is 0 Å². The van der Waals surface area contributed by atoms with Crippen LogP contribution in [-0.4, -0.2) is 40.1 Å². The van der Waals surface area contributed by atoms with Gasteiger partial charge in [0.25, 0.3) is 0 Å². The van der Waals surface area contributed by atoms with E-state index in [9.17, 15) is 8.42 Å². The molecule has 0 radical (unpaired) electrons. The summed E-state index contributed by atoms with van der Waals surface area (Å²) in [5, 5.41) is 0. The summed E-state index contributed by atoms with van der Waals surface area (Å²) in [5.41, 5.74) is 7.35. The van der Waals surface area contributed by atoms with Crippen molar-refractivity contribution in [1.82, 2.24) is 0 Å². The minimum Gasteiger partial charge on any atom is -0.487 e. The molecule has 0 aliphatic carbocycles. The molecule has 1 aromatic carbocycles. The standard InChI is InChI=1S/C12H18N2O3S/c1-14(2)9-3-4-11(13)12(7-9)17-10-5-6-18(15,16)8-10/h3-4,7,10H,5-6,8,13H2,1-2H3. The lowest BCUT2D eigenvalue weighted by atomic mass is 10.2. The lowest BCUT2D eigenvalue weighted by Crippen LogP contribution is -2.19.